The van der Waals surface area contributed by atoms with Gasteiger partial charge in [-0.15, -0.1) is 0 Å². The second-order valence-electron chi connectivity index (χ2n) is 7.16. The van der Waals surface area contributed by atoms with Crippen LogP contribution < -0.4 is 10.3 Å². The van der Waals surface area contributed by atoms with E-state index in [0.717, 1.165) is 18.8 Å². The molecule has 1 aliphatic heterocycles. The zero-order valence-corrected chi connectivity index (χ0v) is 19.0. The van der Waals surface area contributed by atoms with Crippen LogP contribution in [-0.4, -0.2) is 69.3 Å². The number of carbonyl (C=O) groups excluding carboxylic acids is 1. The lowest BCUT2D eigenvalue weighted by Gasteiger charge is -2.26. The Morgan fingerprint density at radius 2 is 1.91 bits per heavy atom. The Bertz CT molecular complexity index is 1080. The van der Waals surface area contributed by atoms with E-state index in [2.05, 4.69) is 15.4 Å². The van der Waals surface area contributed by atoms with Crippen molar-refractivity contribution in [3.8, 4) is 5.75 Å². The van der Waals surface area contributed by atoms with Gasteiger partial charge in [-0.3, -0.25) is 4.79 Å². The van der Waals surface area contributed by atoms with Gasteiger partial charge < -0.3 is 14.7 Å². The molecule has 0 atom stereocenters. The van der Waals surface area contributed by atoms with Crippen LogP contribution in [0.5, 0.6) is 5.75 Å². The fraction of sp³-hybridized carbons (Fsp3) is 0.364. The van der Waals surface area contributed by atoms with E-state index in [-0.39, 0.29) is 29.3 Å². The molecule has 172 valence electrons. The van der Waals surface area contributed by atoms with Crippen molar-refractivity contribution in [3.63, 3.8) is 0 Å². The van der Waals surface area contributed by atoms with E-state index < -0.39 is 15.9 Å². The van der Waals surface area contributed by atoms with E-state index in [4.69, 9.17) is 4.74 Å². The molecule has 1 aliphatic rings. The average molecular weight is 461 g/mol. The Morgan fingerprint density at radius 1 is 1.19 bits per heavy atom. The summed E-state index contributed by atoms with van der Waals surface area (Å²) in [6.45, 7) is 6.95. The highest BCUT2D eigenvalue weighted by atomic mass is 32.2. The van der Waals surface area contributed by atoms with Crippen molar-refractivity contribution in [2.24, 2.45) is 5.10 Å². The minimum absolute atomic E-state index is 0.0423. The summed E-state index contributed by atoms with van der Waals surface area (Å²) in [5.41, 5.74) is 3.88. The van der Waals surface area contributed by atoms with Gasteiger partial charge in [0.2, 0.25) is 10.0 Å². The number of carbonyl (C=O) groups is 1. The highest BCUT2D eigenvalue weighted by Gasteiger charge is 2.26. The van der Waals surface area contributed by atoms with Crippen LogP contribution in [0.1, 0.15) is 29.8 Å². The molecule has 3 rings (SSSR count). The molecule has 0 radical (unpaired) electrons. The average Bonchev–Trinajstić information content (AvgIpc) is 2.81. The molecule has 1 amide bonds. The third-order valence-electron chi connectivity index (χ3n) is 5.22. The molecule has 2 aromatic carbocycles. The van der Waals surface area contributed by atoms with Crippen molar-refractivity contribution in [1.82, 2.24) is 9.73 Å². The third-order valence-corrected chi connectivity index (χ3v) is 7.11. The Labute approximate surface area is 188 Å². The standard InChI is InChI=1S/C22H28N4O5S/c1-3-25(4-2)19-9-8-18(21(27)15-19)16-23-24-22(28)17-6-5-7-20(14-17)32(29,30)26-10-12-31-13-11-26/h5-9,14-16,27H,3-4,10-13H2,1-2H3,(H,24,28). The van der Waals surface area contributed by atoms with Gasteiger partial charge in [-0.25, -0.2) is 13.8 Å². The molecule has 2 aromatic rings. The molecule has 0 spiro atoms. The molecule has 0 unspecified atom stereocenters. The zero-order valence-electron chi connectivity index (χ0n) is 18.2. The van der Waals surface area contributed by atoms with E-state index in [1.54, 1.807) is 12.1 Å². The molecule has 0 bridgehead atoms. The number of hydrazone groups is 1. The lowest BCUT2D eigenvalue weighted by molar-refractivity contribution is 0.0730. The lowest BCUT2D eigenvalue weighted by atomic mass is 10.2. The number of phenolic OH excluding ortho intramolecular Hbond substituents is 1. The SMILES string of the molecule is CCN(CC)c1ccc(C=NNC(=O)c2cccc(S(=O)(=O)N3CCOCC3)c2)c(O)c1. The predicted molar refractivity (Wildman–Crippen MR) is 123 cm³/mol. The Kier molecular flexibility index (Phi) is 7.84. The van der Waals surface area contributed by atoms with Gasteiger partial charge in [0.15, 0.2) is 0 Å². The van der Waals surface area contributed by atoms with Gasteiger partial charge in [0, 0.05) is 49.1 Å². The third kappa shape index (κ3) is 5.45. The van der Waals surface area contributed by atoms with Gasteiger partial charge >= 0.3 is 0 Å². The number of benzene rings is 2. The van der Waals surface area contributed by atoms with Crippen LogP contribution in [0.25, 0.3) is 0 Å². The molecular weight excluding hydrogens is 432 g/mol. The Morgan fingerprint density at radius 3 is 2.56 bits per heavy atom. The molecule has 9 nitrogen and oxygen atoms in total. The molecule has 0 aliphatic carbocycles. The summed E-state index contributed by atoms with van der Waals surface area (Å²) in [7, 11) is -3.70. The molecule has 1 heterocycles. The second-order valence-corrected chi connectivity index (χ2v) is 9.10. The van der Waals surface area contributed by atoms with Crippen LogP contribution in [0, 0.1) is 0 Å². The number of amides is 1. The fourth-order valence-electron chi connectivity index (χ4n) is 3.39. The van der Waals surface area contributed by atoms with Gasteiger partial charge in [0.1, 0.15) is 5.75 Å². The lowest BCUT2D eigenvalue weighted by Crippen LogP contribution is -2.40. The summed E-state index contributed by atoms with van der Waals surface area (Å²) >= 11 is 0. The number of anilines is 1. The van der Waals surface area contributed by atoms with Crippen molar-refractivity contribution in [2.75, 3.05) is 44.3 Å². The number of nitrogens with zero attached hydrogens (tertiary/aromatic N) is 3. The summed E-state index contributed by atoms with van der Waals surface area (Å²) in [5, 5.41) is 14.2. The predicted octanol–water partition coefficient (Wildman–Crippen LogP) is 2.02. The summed E-state index contributed by atoms with van der Waals surface area (Å²) in [6, 6.07) is 11.1. The highest BCUT2D eigenvalue weighted by molar-refractivity contribution is 7.89. The van der Waals surface area contributed by atoms with Crippen molar-refractivity contribution in [1.29, 1.82) is 0 Å². The minimum Gasteiger partial charge on any atom is -0.507 e. The number of aromatic hydroxyl groups is 1. The minimum atomic E-state index is -3.70. The summed E-state index contributed by atoms with van der Waals surface area (Å²) in [6.07, 6.45) is 1.34. The van der Waals surface area contributed by atoms with Crippen molar-refractivity contribution in [2.45, 2.75) is 18.7 Å². The molecule has 0 aromatic heterocycles. The number of hydrogen-bond donors (Lipinski definition) is 2. The quantitative estimate of drug-likeness (QED) is 0.461. The number of hydrogen-bond acceptors (Lipinski definition) is 7. The number of morpholine rings is 1. The maximum atomic E-state index is 12.8. The number of nitrogens with one attached hydrogen (secondary N) is 1. The molecule has 2 N–H and O–H groups in total. The number of phenols is 1. The van der Waals surface area contributed by atoms with Gasteiger partial charge in [-0.2, -0.15) is 9.41 Å². The van der Waals surface area contributed by atoms with Crippen LogP contribution in [0.2, 0.25) is 0 Å². The van der Waals surface area contributed by atoms with Crippen molar-refractivity contribution >= 4 is 27.8 Å². The topological polar surface area (TPSA) is 112 Å². The maximum absolute atomic E-state index is 12.8. The smallest absolute Gasteiger partial charge is 0.271 e. The van der Waals surface area contributed by atoms with Crippen molar-refractivity contribution < 1.29 is 23.1 Å². The van der Waals surface area contributed by atoms with Crippen LogP contribution in [-0.2, 0) is 14.8 Å². The first-order valence-corrected chi connectivity index (χ1v) is 11.9. The molecule has 1 saturated heterocycles. The Hall–Kier alpha value is -2.95. The van der Waals surface area contributed by atoms with Gasteiger partial charge in [0.05, 0.1) is 24.3 Å². The van der Waals surface area contributed by atoms with Gasteiger partial charge in [0.25, 0.3) is 5.91 Å². The van der Waals surface area contributed by atoms with Crippen LogP contribution >= 0.6 is 0 Å². The molecule has 1 fully saturated rings. The Balaban J connectivity index is 1.69. The van der Waals surface area contributed by atoms with Crippen LogP contribution in [0.4, 0.5) is 5.69 Å². The van der Waals surface area contributed by atoms with Crippen molar-refractivity contribution in [3.05, 3.63) is 53.6 Å². The first-order chi connectivity index (χ1) is 15.4. The summed E-state index contributed by atoms with van der Waals surface area (Å²) < 4.78 is 32.1. The normalized spacial score (nSPS) is 15.1. The van der Waals surface area contributed by atoms with E-state index >= 15 is 0 Å². The fourth-order valence-corrected chi connectivity index (χ4v) is 4.84. The van der Waals surface area contributed by atoms with E-state index in [0.29, 0.717) is 18.8 Å². The number of rotatable bonds is 8. The molecule has 0 saturated carbocycles. The maximum Gasteiger partial charge on any atom is 0.271 e. The molecule has 32 heavy (non-hydrogen) atoms. The van der Waals surface area contributed by atoms with Gasteiger partial charge in [-0.05, 0) is 44.2 Å². The number of ether oxygens (including phenoxy) is 1. The van der Waals surface area contributed by atoms with Crippen LogP contribution in [0.15, 0.2) is 52.5 Å². The molecule has 10 heteroatoms. The first kappa shape index (κ1) is 23.7. The molecular formula is C22H28N4O5S. The van der Waals surface area contributed by atoms with Crippen LogP contribution in [0.3, 0.4) is 0 Å². The number of sulfonamides is 1. The van der Waals surface area contributed by atoms with E-state index in [1.165, 1.54) is 34.8 Å². The summed E-state index contributed by atoms with van der Waals surface area (Å²) in [5.74, 6) is -0.509. The van der Waals surface area contributed by atoms with E-state index in [9.17, 15) is 18.3 Å². The van der Waals surface area contributed by atoms with Gasteiger partial charge in [-0.1, -0.05) is 6.07 Å². The highest BCUT2D eigenvalue weighted by Crippen LogP contribution is 2.23. The monoisotopic (exact) mass is 460 g/mol. The van der Waals surface area contributed by atoms with E-state index in [1.807, 2.05) is 19.9 Å². The summed E-state index contributed by atoms with van der Waals surface area (Å²) in [4.78, 5) is 14.6. The first-order valence-electron chi connectivity index (χ1n) is 10.5. The largest absolute Gasteiger partial charge is 0.507 e. The second kappa shape index (κ2) is 10.6. The zero-order chi connectivity index (χ0) is 23.1.